The molecule has 164 valence electrons. The van der Waals surface area contributed by atoms with Crippen molar-refractivity contribution in [1.82, 2.24) is 15.3 Å². The number of hydrogen-bond donors (Lipinski definition) is 2. The van der Waals surface area contributed by atoms with Crippen LogP contribution >= 0.6 is 0 Å². The number of ether oxygens (including phenoxy) is 2. The van der Waals surface area contributed by atoms with Crippen molar-refractivity contribution in [2.45, 2.75) is 45.2 Å². The van der Waals surface area contributed by atoms with Crippen LogP contribution in [0.3, 0.4) is 0 Å². The number of carbonyl (C=O) groups excluding carboxylic acids is 1. The minimum Gasteiger partial charge on any atom is -0.496 e. The summed E-state index contributed by atoms with van der Waals surface area (Å²) in [6.45, 7) is 4.76. The van der Waals surface area contributed by atoms with E-state index in [2.05, 4.69) is 22.5 Å². The molecule has 1 aliphatic carbocycles. The van der Waals surface area contributed by atoms with E-state index in [1.807, 2.05) is 24.3 Å². The summed E-state index contributed by atoms with van der Waals surface area (Å²) in [4.78, 5) is 22.4. The summed E-state index contributed by atoms with van der Waals surface area (Å²) in [7, 11) is 3.26. The summed E-state index contributed by atoms with van der Waals surface area (Å²) in [5.41, 5.74) is 1.74. The van der Waals surface area contributed by atoms with Gasteiger partial charge in [0.15, 0.2) is 0 Å². The van der Waals surface area contributed by atoms with Crippen molar-refractivity contribution in [2.24, 2.45) is 0 Å². The van der Waals surface area contributed by atoms with E-state index in [9.17, 15) is 4.79 Å². The van der Waals surface area contributed by atoms with Gasteiger partial charge in [-0.1, -0.05) is 18.2 Å². The molecule has 0 atom stereocenters. The van der Waals surface area contributed by atoms with Gasteiger partial charge in [-0.2, -0.15) is 4.98 Å². The number of fused-ring (bicyclic) bond motifs is 1. The average Bonchev–Trinajstić information content (AvgIpc) is 3.38. The van der Waals surface area contributed by atoms with E-state index in [-0.39, 0.29) is 11.4 Å². The highest BCUT2D eigenvalue weighted by atomic mass is 16.5. The lowest BCUT2D eigenvalue weighted by atomic mass is 10.1. The van der Waals surface area contributed by atoms with E-state index in [0.717, 1.165) is 24.2 Å². The molecule has 1 fully saturated rings. The zero-order valence-corrected chi connectivity index (χ0v) is 18.4. The van der Waals surface area contributed by atoms with Crippen LogP contribution in [0.25, 0.3) is 11.1 Å². The second kappa shape index (κ2) is 8.55. The molecule has 3 aromatic rings. The Balaban J connectivity index is 1.67. The molecule has 0 saturated heterocycles. The van der Waals surface area contributed by atoms with Crippen LogP contribution in [0, 0.1) is 6.92 Å². The molecule has 1 amide bonds. The molecule has 0 aliphatic heterocycles. The molecule has 1 saturated carbocycles. The molecule has 2 aromatic heterocycles. The first kappa shape index (κ1) is 21.1. The zero-order valence-electron chi connectivity index (χ0n) is 18.4. The van der Waals surface area contributed by atoms with Gasteiger partial charge in [-0.15, -0.1) is 0 Å². The van der Waals surface area contributed by atoms with E-state index in [1.54, 1.807) is 21.1 Å². The van der Waals surface area contributed by atoms with Gasteiger partial charge >= 0.3 is 0 Å². The van der Waals surface area contributed by atoms with Crippen molar-refractivity contribution < 1.29 is 18.7 Å². The Morgan fingerprint density at radius 1 is 1.23 bits per heavy atom. The first-order valence-electron chi connectivity index (χ1n) is 10.4. The third-order valence-electron chi connectivity index (χ3n) is 5.58. The van der Waals surface area contributed by atoms with E-state index in [1.165, 1.54) is 0 Å². The molecule has 2 heterocycles. The number of furan rings is 1. The predicted molar refractivity (Wildman–Crippen MR) is 118 cm³/mol. The van der Waals surface area contributed by atoms with E-state index >= 15 is 0 Å². The van der Waals surface area contributed by atoms with Crippen LogP contribution in [-0.4, -0.2) is 42.2 Å². The van der Waals surface area contributed by atoms with Crippen LogP contribution < -0.4 is 15.4 Å². The van der Waals surface area contributed by atoms with Crippen LogP contribution in [0.4, 0.5) is 5.82 Å². The Bertz CT molecular complexity index is 1100. The summed E-state index contributed by atoms with van der Waals surface area (Å²) in [5.74, 6) is 2.26. The fourth-order valence-corrected chi connectivity index (χ4v) is 3.54. The van der Waals surface area contributed by atoms with E-state index < -0.39 is 0 Å². The van der Waals surface area contributed by atoms with Gasteiger partial charge in [0, 0.05) is 31.2 Å². The average molecular weight is 425 g/mol. The Morgan fingerprint density at radius 2 is 2.00 bits per heavy atom. The molecule has 0 spiro atoms. The summed E-state index contributed by atoms with van der Waals surface area (Å²) >= 11 is 0. The van der Waals surface area contributed by atoms with Crippen molar-refractivity contribution in [2.75, 3.05) is 26.1 Å². The first-order chi connectivity index (χ1) is 14.9. The molecule has 31 heavy (non-hydrogen) atoms. The van der Waals surface area contributed by atoms with Crippen molar-refractivity contribution in [3.63, 3.8) is 0 Å². The Hall–Kier alpha value is -3.13. The number of benzene rings is 1. The maximum absolute atomic E-state index is 13.2. The SMILES string of the molecule is COCCc1nc(NC2(C)CC2)c2c(C(=O)NCc3ccccc3OC)c(C)oc2n1. The molecule has 0 radical (unpaired) electrons. The van der Waals surface area contributed by atoms with Gasteiger partial charge in [0.25, 0.3) is 5.91 Å². The Labute approximate surface area is 181 Å². The number of rotatable bonds is 9. The third-order valence-corrected chi connectivity index (χ3v) is 5.58. The topological polar surface area (TPSA) is 98.5 Å². The van der Waals surface area contributed by atoms with Gasteiger partial charge in [-0.05, 0) is 32.8 Å². The number of anilines is 1. The second-order valence-corrected chi connectivity index (χ2v) is 8.12. The molecule has 1 aliphatic rings. The fraction of sp³-hybridized carbons (Fsp3) is 0.435. The van der Waals surface area contributed by atoms with Gasteiger partial charge in [0.05, 0.1) is 24.7 Å². The number of nitrogens with zero attached hydrogens (tertiary/aromatic N) is 2. The molecule has 4 rings (SSSR count). The number of hydrogen-bond acceptors (Lipinski definition) is 7. The Morgan fingerprint density at radius 3 is 2.71 bits per heavy atom. The summed E-state index contributed by atoms with van der Waals surface area (Å²) in [6.07, 6.45) is 2.67. The largest absolute Gasteiger partial charge is 0.496 e. The lowest BCUT2D eigenvalue weighted by Crippen LogP contribution is -2.24. The number of methoxy groups -OCH3 is 2. The van der Waals surface area contributed by atoms with Crippen LogP contribution in [0.5, 0.6) is 5.75 Å². The normalized spacial score (nSPS) is 14.5. The lowest BCUT2D eigenvalue weighted by Gasteiger charge is -2.15. The van der Waals surface area contributed by atoms with Crippen LogP contribution in [-0.2, 0) is 17.7 Å². The number of nitrogens with one attached hydrogen (secondary N) is 2. The number of para-hydroxylation sites is 1. The highest BCUT2D eigenvalue weighted by Gasteiger charge is 2.39. The van der Waals surface area contributed by atoms with Crippen LogP contribution in [0.2, 0.25) is 0 Å². The quantitative estimate of drug-likeness (QED) is 0.541. The third kappa shape index (κ3) is 4.49. The van der Waals surface area contributed by atoms with Gasteiger partial charge in [0.2, 0.25) is 5.71 Å². The second-order valence-electron chi connectivity index (χ2n) is 8.12. The van der Waals surface area contributed by atoms with Gasteiger partial charge in [0.1, 0.15) is 23.2 Å². The minimum atomic E-state index is -0.237. The fourth-order valence-electron chi connectivity index (χ4n) is 3.54. The van der Waals surface area contributed by atoms with Crippen molar-refractivity contribution in [3.8, 4) is 5.75 Å². The molecule has 0 bridgehead atoms. The molecule has 2 N–H and O–H groups in total. The van der Waals surface area contributed by atoms with Crippen molar-refractivity contribution in [1.29, 1.82) is 0 Å². The Kier molecular flexibility index (Phi) is 5.82. The van der Waals surface area contributed by atoms with Gasteiger partial charge in [-0.3, -0.25) is 4.79 Å². The zero-order chi connectivity index (χ0) is 22.0. The highest BCUT2D eigenvalue weighted by Crippen LogP contribution is 2.40. The molecule has 1 aromatic carbocycles. The summed E-state index contributed by atoms with van der Waals surface area (Å²) in [5, 5.41) is 7.10. The van der Waals surface area contributed by atoms with Crippen LogP contribution in [0.15, 0.2) is 28.7 Å². The van der Waals surface area contributed by atoms with E-state index in [0.29, 0.717) is 53.6 Å². The standard InChI is InChI=1S/C23H28N4O4/c1-14-18(21(28)24-13-15-7-5-6-8-16(15)30-4)19-20(27-23(2)10-11-23)25-17(9-12-29-3)26-22(19)31-14/h5-8H,9-13H2,1-4H3,(H,24,28)(H,25,26,27). The van der Waals surface area contributed by atoms with Crippen LogP contribution in [0.1, 0.15) is 47.3 Å². The highest BCUT2D eigenvalue weighted by molar-refractivity contribution is 6.10. The van der Waals surface area contributed by atoms with Gasteiger partial charge in [-0.25, -0.2) is 4.98 Å². The van der Waals surface area contributed by atoms with Crippen molar-refractivity contribution in [3.05, 3.63) is 47.0 Å². The molecule has 0 unspecified atom stereocenters. The van der Waals surface area contributed by atoms with E-state index in [4.69, 9.17) is 18.9 Å². The first-order valence-corrected chi connectivity index (χ1v) is 10.4. The molecule has 8 heteroatoms. The minimum absolute atomic E-state index is 0.0177. The maximum atomic E-state index is 13.2. The molecule has 8 nitrogen and oxygen atoms in total. The number of aromatic nitrogens is 2. The van der Waals surface area contributed by atoms with Gasteiger partial charge < -0.3 is 24.5 Å². The number of aryl methyl sites for hydroxylation is 1. The monoisotopic (exact) mass is 424 g/mol. The van der Waals surface area contributed by atoms with Crippen molar-refractivity contribution >= 4 is 22.8 Å². The summed E-state index contributed by atoms with van der Waals surface area (Å²) < 4.78 is 16.4. The smallest absolute Gasteiger partial charge is 0.255 e. The number of carbonyl (C=O) groups is 1. The predicted octanol–water partition coefficient (Wildman–Crippen LogP) is 3.62. The molecular formula is C23H28N4O4. The maximum Gasteiger partial charge on any atom is 0.255 e. The summed E-state index contributed by atoms with van der Waals surface area (Å²) in [6, 6.07) is 7.60. The lowest BCUT2D eigenvalue weighted by molar-refractivity contribution is 0.0950. The number of amides is 1. The molecular weight excluding hydrogens is 396 g/mol.